The molecule has 0 aliphatic rings. The molecule has 0 radical (unpaired) electrons. The van der Waals surface area contributed by atoms with Gasteiger partial charge in [0, 0.05) is 25.2 Å². The van der Waals surface area contributed by atoms with E-state index in [1.165, 1.54) is 12.1 Å². The topological polar surface area (TPSA) is 66.5 Å². The second kappa shape index (κ2) is 8.78. The highest BCUT2D eigenvalue weighted by Crippen LogP contribution is 2.15. The Morgan fingerprint density at radius 3 is 2.42 bits per heavy atom. The van der Waals surface area contributed by atoms with E-state index < -0.39 is 10.0 Å². The Balaban J connectivity index is 2.19. The van der Waals surface area contributed by atoms with E-state index in [0.29, 0.717) is 18.7 Å². The molecule has 138 valence electrons. The maximum atomic E-state index is 12.6. The highest BCUT2D eigenvalue weighted by atomic mass is 32.2. The van der Waals surface area contributed by atoms with Crippen molar-refractivity contribution in [1.29, 1.82) is 0 Å². The van der Waals surface area contributed by atoms with Gasteiger partial charge in [0.05, 0.1) is 4.90 Å². The standard InChI is InChI=1S/C20H24N2O3S/c1-4-22(15-16(2)3)20(23)18-11-8-12-19(13-18)26(24,25)21-14-17-9-6-5-7-10-17/h5-13,21H,2,4,14-15H2,1,3H3. The summed E-state index contributed by atoms with van der Waals surface area (Å²) >= 11 is 0. The van der Waals surface area contributed by atoms with Gasteiger partial charge in [0.2, 0.25) is 10.0 Å². The number of nitrogens with one attached hydrogen (secondary N) is 1. The van der Waals surface area contributed by atoms with Crippen LogP contribution in [-0.4, -0.2) is 32.3 Å². The van der Waals surface area contributed by atoms with Gasteiger partial charge in [-0.1, -0.05) is 48.6 Å². The van der Waals surface area contributed by atoms with Crippen LogP contribution in [0, 0.1) is 0 Å². The lowest BCUT2D eigenvalue weighted by atomic mass is 10.2. The normalized spacial score (nSPS) is 11.2. The van der Waals surface area contributed by atoms with E-state index in [0.717, 1.165) is 11.1 Å². The SMILES string of the molecule is C=C(C)CN(CC)C(=O)c1cccc(S(=O)(=O)NCc2ccccc2)c1. The molecule has 0 aliphatic heterocycles. The Kier molecular flexibility index (Phi) is 6.71. The van der Waals surface area contributed by atoms with Crippen LogP contribution in [0.15, 0.2) is 71.6 Å². The fraction of sp³-hybridized carbons (Fsp3) is 0.250. The smallest absolute Gasteiger partial charge is 0.254 e. The fourth-order valence-electron chi connectivity index (χ4n) is 2.49. The van der Waals surface area contributed by atoms with E-state index in [-0.39, 0.29) is 17.3 Å². The van der Waals surface area contributed by atoms with Gasteiger partial charge in [-0.15, -0.1) is 0 Å². The van der Waals surface area contributed by atoms with Crippen LogP contribution in [0.2, 0.25) is 0 Å². The molecule has 0 spiro atoms. The maximum absolute atomic E-state index is 12.6. The summed E-state index contributed by atoms with van der Waals surface area (Å²) in [6.45, 7) is 8.72. The number of nitrogens with zero attached hydrogens (tertiary/aromatic N) is 1. The predicted octanol–water partition coefficient (Wildman–Crippen LogP) is 3.20. The van der Waals surface area contributed by atoms with Gasteiger partial charge in [-0.05, 0) is 37.6 Å². The first-order chi connectivity index (χ1) is 12.3. The lowest BCUT2D eigenvalue weighted by molar-refractivity contribution is 0.0778. The first-order valence-electron chi connectivity index (χ1n) is 8.41. The van der Waals surface area contributed by atoms with Crippen molar-refractivity contribution in [3.63, 3.8) is 0 Å². The third kappa shape index (κ3) is 5.28. The van der Waals surface area contributed by atoms with E-state index in [2.05, 4.69) is 11.3 Å². The number of benzene rings is 2. The third-order valence-corrected chi connectivity index (χ3v) is 5.23. The molecule has 2 aromatic rings. The number of hydrogen-bond donors (Lipinski definition) is 1. The van der Waals surface area contributed by atoms with Gasteiger partial charge in [-0.25, -0.2) is 13.1 Å². The summed E-state index contributed by atoms with van der Waals surface area (Å²) in [5.74, 6) is -0.212. The average molecular weight is 372 g/mol. The fourth-order valence-corrected chi connectivity index (χ4v) is 3.55. The Hall–Kier alpha value is -2.44. The predicted molar refractivity (Wildman–Crippen MR) is 103 cm³/mol. The Morgan fingerprint density at radius 1 is 1.12 bits per heavy atom. The molecule has 1 N–H and O–H groups in total. The van der Waals surface area contributed by atoms with Crippen LogP contribution in [0.1, 0.15) is 29.8 Å². The number of carbonyl (C=O) groups is 1. The first-order valence-corrected chi connectivity index (χ1v) is 9.89. The highest BCUT2D eigenvalue weighted by molar-refractivity contribution is 7.89. The molecule has 0 atom stereocenters. The molecule has 1 amide bonds. The van der Waals surface area contributed by atoms with Gasteiger partial charge in [-0.3, -0.25) is 4.79 Å². The quantitative estimate of drug-likeness (QED) is 0.724. The van der Waals surface area contributed by atoms with Gasteiger partial charge < -0.3 is 4.90 Å². The minimum absolute atomic E-state index is 0.0747. The van der Waals surface area contributed by atoms with Crippen molar-refractivity contribution in [2.75, 3.05) is 13.1 Å². The molecule has 5 nitrogen and oxygen atoms in total. The number of likely N-dealkylation sites (N-methyl/N-ethyl adjacent to an activating group) is 1. The van der Waals surface area contributed by atoms with Crippen molar-refractivity contribution in [2.45, 2.75) is 25.3 Å². The van der Waals surface area contributed by atoms with Gasteiger partial charge in [0.1, 0.15) is 0 Å². The Bertz CT molecular complexity index is 877. The van der Waals surface area contributed by atoms with E-state index in [9.17, 15) is 13.2 Å². The largest absolute Gasteiger partial charge is 0.335 e. The summed E-state index contributed by atoms with van der Waals surface area (Å²) in [5, 5.41) is 0. The van der Waals surface area contributed by atoms with Gasteiger partial charge in [0.15, 0.2) is 0 Å². The lowest BCUT2D eigenvalue weighted by Gasteiger charge is -2.21. The zero-order valence-corrected chi connectivity index (χ0v) is 15.9. The lowest BCUT2D eigenvalue weighted by Crippen LogP contribution is -2.32. The molecule has 0 bridgehead atoms. The van der Waals surface area contributed by atoms with Crippen LogP contribution < -0.4 is 4.72 Å². The van der Waals surface area contributed by atoms with Crippen molar-refractivity contribution in [3.8, 4) is 0 Å². The van der Waals surface area contributed by atoms with Crippen LogP contribution in [-0.2, 0) is 16.6 Å². The molecule has 2 rings (SSSR count). The van der Waals surface area contributed by atoms with Crippen molar-refractivity contribution >= 4 is 15.9 Å². The summed E-state index contributed by atoms with van der Waals surface area (Å²) in [6, 6.07) is 15.4. The molecule has 0 heterocycles. The van der Waals surface area contributed by atoms with Crippen LogP contribution in [0.5, 0.6) is 0 Å². The first kappa shape index (κ1) is 19.9. The summed E-state index contributed by atoms with van der Waals surface area (Å²) < 4.78 is 27.7. The van der Waals surface area contributed by atoms with E-state index in [1.807, 2.05) is 44.2 Å². The minimum atomic E-state index is -3.71. The number of carbonyl (C=O) groups excluding carboxylic acids is 1. The van der Waals surface area contributed by atoms with Crippen molar-refractivity contribution in [3.05, 3.63) is 77.9 Å². The molecule has 0 saturated heterocycles. The number of hydrogen-bond acceptors (Lipinski definition) is 3. The number of amides is 1. The molecular weight excluding hydrogens is 348 g/mol. The van der Waals surface area contributed by atoms with Crippen molar-refractivity contribution in [1.82, 2.24) is 9.62 Å². The second-order valence-electron chi connectivity index (χ2n) is 6.11. The summed E-state index contributed by atoms with van der Waals surface area (Å²) in [7, 11) is -3.71. The minimum Gasteiger partial charge on any atom is -0.335 e. The Morgan fingerprint density at radius 2 is 1.81 bits per heavy atom. The summed E-state index contributed by atoms with van der Waals surface area (Å²) in [5.41, 5.74) is 2.08. The van der Waals surface area contributed by atoms with E-state index in [1.54, 1.807) is 17.0 Å². The molecule has 0 aliphatic carbocycles. The van der Waals surface area contributed by atoms with Crippen LogP contribution in [0.25, 0.3) is 0 Å². The van der Waals surface area contributed by atoms with Crippen LogP contribution >= 0.6 is 0 Å². The molecule has 0 unspecified atom stereocenters. The zero-order valence-electron chi connectivity index (χ0n) is 15.1. The molecule has 0 fully saturated rings. The van der Waals surface area contributed by atoms with Crippen LogP contribution in [0.4, 0.5) is 0 Å². The summed E-state index contributed by atoms with van der Waals surface area (Å²) in [6.07, 6.45) is 0. The number of sulfonamides is 1. The monoisotopic (exact) mass is 372 g/mol. The molecule has 2 aromatic carbocycles. The van der Waals surface area contributed by atoms with Gasteiger partial charge in [0.25, 0.3) is 5.91 Å². The van der Waals surface area contributed by atoms with Gasteiger partial charge in [-0.2, -0.15) is 0 Å². The molecular formula is C20H24N2O3S. The van der Waals surface area contributed by atoms with Crippen LogP contribution in [0.3, 0.4) is 0 Å². The molecule has 0 saturated carbocycles. The van der Waals surface area contributed by atoms with E-state index >= 15 is 0 Å². The number of rotatable bonds is 8. The van der Waals surface area contributed by atoms with Crippen molar-refractivity contribution < 1.29 is 13.2 Å². The highest BCUT2D eigenvalue weighted by Gasteiger charge is 2.19. The van der Waals surface area contributed by atoms with Crippen molar-refractivity contribution in [2.24, 2.45) is 0 Å². The molecule has 6 heteroatoms. The second-order valence-corrected chi connectivity index (χ2v) is 7.88. The molecule has 0 aromatic heterocycles. The summed E-state index contributed by atoms with van der Waals surface area (Å²) in [4.78, 5) is 14.3. The molecule has 26 heavy (non-hydrogen) atoms. The Labute approximate surface area is 155 Å². The van der Waals surface area contributed by atoms with E-state index in [4.69, 9.17) is 0 Å². The average Bonchev–Trinajstić information content (AvgIpc) is 2.65. The zero-order chi connectivity index (χ0) is 19.2. The third-order valence-electron chi connectivity index (χ3n) is 3.83. The van der Waals surface area contributed by atoms with Gasteiger partial charge >= 0.3 is 0 Å². The maximum Gasteiger partial charge on any atom is 0.254 e.